The lowest BCUT2D eigenvalue weighted by atomic mass is 9.93. The van der Waals surface area contributed by atoms with Crippen molar-refractivity contribution in [1.29, 1.82) is 5.41 Å². The smallest absolute Gasteiger partial charge is 0.306 e. The Labute approximate surface area is 207 Å². The number of benzene rings is 2. The van der Waals surface area contributed by atoms with Crippen LogP contribution in [-0.2, 0) is 20.7 Å². The molecule has 8 nitrogen and oxygen atoms in total. The Morgan fingerprint density at radius 3 is 2.56 bits per heavy atom. The van der Waals surface area contributed by atoms with Crippen LogP contribution in [0.4, 0.5) is 5.69 Å². The maximum atomic E-state index is 12.8. The number of ether oxygens (including phenoxy) is 3. The Morgan fingerprint density at radius 1 is 1.15 bits per heavy atom. The molecule has 0 bridgehead atoms. The fraction of sp³-hybridized carbons (Fsp3) is 0.400. The van der Waals surface area contributed by atoms with Gasteiger partial charge in [-0.1, -0.05) is 12.1 Å². The highest BCUT2D eigenvalue weighted by Crippen LogP contribution is 2.31. The highest BCUT2D eigenvalue weighted by molar-refractivity contribution is 6.05. The van der Waals surface area contributed by atoms with Gasteiger partial charge in [-0.3, -0.25) is 15.0 Å². The number of nitrogens with one attached hydrogen (secondary N) is 2. The third-order valence-electron chi connectivity index (χ3n) is 5.81. The first kappa shape index (κ1) is 25.5. The van der Waals surface area contributed by atoms with Gasteiger partial charge in [-0.2, -0.15) is 0 Å². The number of rotatable bonds is 6. The zero-order valence-electron chi connectivity index (χ0n) is 19.2. The number of nitrogens with zero attached hydrogens (tertiary/aromatic N) is 1. The first-order chi connectivity index (χ1) is 16.0. The number of morpholine rings is 1. The summed E-state index contributed by atoms with van der Waals surface area (Å²) in [4.78, 5) is 26.5. The SMILES string of the molecule is CCOC(=O)C[C@H]1COc2ccc(NC(=O)c3ccc(C(=N)N4CCOCC4)cc3)cc2C1.Cl.[HH]. The van der Waals surface area contributed by atoms with Gasteiger partial charge in [-0.25, -0.2) is 0 Å². The molecule has 1 saturated heterocycles. The number of fused-ring (bicyclic) bond motifs is 1. The van der Waals surface area contributed by atoms with E-state index in [1.165, 1.54) is 0 Å². The van der Waals surface area contributed by atoms with Gasteiger partial charge < -0.3 is 24.4 Å². The van der Waals surface area contributed by atoms with Crippen LogP contribution in [0.25, 0.3) is 0 Å². The quantitative estimate of drug-likeness (QED) is 0.364. The molecule has 2 heterocycles. The van der Waals surface area contributed by atoms with Crippen molar-refractivity contribution >= 4 is 35.8 Å². The number of hydrogen-bond donors (Lipinski definition) is 2. The molecular weight excluding hydrogens is 458 g/mol. The average Bonchev–Trinajstić information content (AvgIpc) is 2.84. The minimum atomic E-state index is -0.223. The summed E-state index contributed by atoms with van der Waals surface area (Å²) in [5.41, 5.74) is 2.92. The fourth-order valence-electron chi connectivity index (χ4n) is 4.07. The summed E-state index contributed by atoms with van der Waals surface area (Å²) in [6, 6.07) is 12.6. The molecule has 0 spiro atoms. The van der Waals surface area contributed by atoms with Gasteiger partial charge in [0.25, 0.3) is 5.91 Å². The van der Waals surface area contributed by atoms with Crippen LogP contribution in [0.3, 0.4) is 0 Å². The van der Waals surface area contributed by atoms with Crippen molar-refractivity contribution in [3.8, 4) is 5.75 Å². The van der Waals surface area contributed by atoms with E-state index in [1.807, 2.05) is 23.1 Å². The lowest BCUT2D eigenvalue weighted by molar-refractivity contribution is -0.144. The zero-order chi connectivity index (χ0) is 23.2. The third-order valence-corrected chi connectivity index (χ3v) is 5.81. The summed E-state index contributed by atoms with van der Waals surface area (Å²) in [7, 11) is 0. The first-order valence-corrected chi connectivity index (χ1v) is 11.3. The van der Waals surface area contributed by atoms with Crippen LogP contribution in [0.15, 0.2) is 42.5 Å². The lowest BCUT2D eigenvalue weighted by Gasteiger charge is -2.29. The van der Waals surface area contributed by atoms with Crippen molar-refractivity contribution in [2.75, 3.05) is 44.8 Å². The molecule has 1 amide bonds. The van der Waals surface area contributed by atoms with E-state index in [9.17, 15) is 9.59 Å². The molecule has 2 aromatic carbocycles. The molecule has 184 valence electrons. The highest BCUT2D eigenvalue weighted by Gasteiger charge is 2.23. The minimum absolute atomic E-state index is 0. The van der Waals surface area contributed by atoms with Crippen molar-refractivity contribution < 1.29 is 25.2 Å². The van der Waals surface area contributed by atoms with E-state index in [0.717, 1.165) is 16.9 Å². The van der Waals surface area contributed by atoms with E-state index >= 15 is 0 Å². The number of amidine groups is 1. The Kier molecular flexibility index (Phi) is 8.90. The second-order valence-electron chi connectivity index (χ2n) is 8.19. The number of amides is 1. The highest BCUT2D eigenvalue weighted by atomic mass is 35.5. The van der Waals surface area contributed by atoms with Crippen LogP contribution in [0, 0.1) is 11.3 Å². The molecule has 34 heavy (non-hydrogen) atoms. The standard InChI is InChI=1S/C25H29N3O5.ClH.H2/c1-2-32-23(29)14-17-13-20-15-21(7-8-22(20)33-16-17)27-25(30)19-5-3-18(4-6-19)24(26)28-9-11-31-12-10-28;;/h3-8,15,17,26H,2,9-14,16H2,1H3,(H,27,30);2*1H/t17-;;/m0../s1. The number of anilines is 1. The number of carbonyl (C=O) groups is 2. The van der Waals surface area contributed by atoms with Gasteiger partial charge in [0.15, 0.2) is 0 Å². The first-order valence-electron chi connectivity index (χ1n) is 11.3. The molecule has 2 aromatic rings. The number of hydrogen-bond acceptors (Lipinski definition) is 6. The van der Waals surface area contributed by atoms with Crippen LogP contribution in [0.5, 0.6) is 5.75 Å². The Hall–Kier alpha value is -3.10. The molecular formula is C25H32ClN3O5. The normalized spacial score (nSPS) is 17.0. The van der Waals surface area contributed by atoms with Crippen molar-refractivity contribution in [3.63, 3.8) is 0 Å². The lowest BCUT2D eigenvalue weighted by Crippen LogP contribution is -2.40. The average molecular weight is 490 g/mol. The molecule has 1 fully saturated rings. The van der Waals surface area contributed by atoms with Gasteiger partial charge in [-0.05, 0) is 49.2 Å². The van der Waals surface area contributed by atoms with Crippen LogP contribution < -0.4 is 10.1 Å². The maximum Gasteiger partial charge on any atom is 0.306 e. The monoisotopic (exact) mass is 489 g/mol. The molecule has 0 saturated carbocycles. The summed E-state index contributed by atoms with van der Waals surface area (Å²) in [5, 5.41) is 11.3. The fourth-order valence-corrected chi connectivity index (χ4v) is 4.07. The van der Waals surface area contributed by atoms with Crippen molar-refractivity contribution in [2.24, 2.45) is 5.92 Å². The van der Waals surface area contributed by atoms with Crippen molar-refractivity contribution in [3.05, 3.63) is 59.2 Å². The number of esters is 1. The van der Waals surface area contributed by atoms with Gasteiger partial charge in [0, 0.05) is 37.2 Å². The second-order valence-corrected chi connectivity index (χ2v) is 8.19. The summed E-state index contributed by atoms with van der Waals surface area (Å²) in [6.07, 6.45) is 1.01. The summed E-state index contributed by atoms with van der Waals surface area (Å²) in [6.45, 7) is 5.28. The predicted molar refractivity (Wildman–Crippen MR) is 133 cm³/mol. The Balaban J connectivity index is 0.00000216. The molecule has 1 atom stereocenters. The van der Waals surface area contributed by atoms with E-state index in [4.69, 9.17) is 19.6 Å². The summed E-state index contributed by atoms with van der Waals surface area (Å²) in [5.74, 6) is 0.830. The van der Waals surface area contributed by atoms with Crippen LogP contribution in [-0.4, -0.2) is 62.1 Å². The zero-order valence-corrected chi connectivity index (χ0v) is 20.0. The largest absolute Gasteiger partial charge is 0.493 e. The molecule has 0 aromatic heterocycles. The number of carbonyl (C=O) groups excluding carboxylic acids is 2. The van der Waals surface area contributed by atoms with E-state index in [2.05, 4.69) is 5.32 Å². The minimum Gasteiger partial charge on any atom is -0.493 e. The van der Waals surface area contributed by atoms with Gasteiger partial charge in [0.2, 0.25) is 0 Å². The Morgan fingerprint density at radius 2 is 1.85 bits per heavy atom. The van der Waals surface area contributed by atoms with E-state index in [-0.39, 0.29) is 31.6 Å². The molecule has 9 heteroatoms. The maximum absolute atomic E-state index is 12.8. The van der Waals surface area contributed by atoms with Crippen LogP contribution in [0.2, 0.25) is 0 Å². The molecule has 2 N–H and O–H groups in total. The summed E-state index contributed by atoms with van der Waals surface area (Å²) >= 11 is 0. The van der Waals surface area contributed by atoms with Crippen molar-refractivity contribution in [1.82, 2.24) is 4.90 Å². The molecule has 0 aliphatic carbocycles. The van der Waals surface area contributed by atoms with Gasteiger partial charge in [0.1, 0.15) is 11.6 Å². The predicted octanol–water partition coefficient (Wildman–Crippen LogP) is 3.77. The van der Waals surface area contributed by atoms with Gasteiger partial charge in [-0.15, -0.1) is 12.4 Å². The third kappa shape index (κ3) is 6.27. The van der Waals surface area contributed by atoms with Gasteiger partial charge >= 0.3 is 5.97 Å². The molecule has 2 aliphatic rings. The molecule has 2 aliphatic heterocycles. The Bertz CT molecular complexity index is 1030. The summed E-state index contributed by atoms with van der Waals surface area (Å²) < 4.78 is 16.2. The van der Waals surface area contributed by atoms with Crippen LogP contribution >= 0.6 is 12.4 Å². The second kappa shape index (κ2) is 11.9. The number of halogens is 1. The molecule has 4 rings (SSSR count). The van der Waals surface area contributed by atoms with E-state index < -0.39 is 0 Å². The van der Waals surface area contributed by atoms with Crippen LogP contribution in [0.1, 0.15) is 36.3 Å². The molecule has 0 unspecified atom stereocenters. The van der Waals surface area contributed by atoms with Gasteiger partial charge in [0.05, 0.1) is 32.8 Å². The van der Waals surface area contributed by atoms with Crippen molar-refractivity contribution in [2.45, 2.75) is 19.8 Å². The molecule has 0 radical (unpaired) electrons. The van der Waals surface area contributed by atoms with E-state index in [1.54, 1.807) is 31.2 Å². The topological polar surface area (TPSA) is 101 Å². The van der Waals surface area contributed by atoms with E-state index in [0.29, 0.717) is 69.4 Å².